The second-order valence-electron chi connectivity index (χ2n) is 6.97. The Kier molecular flexibility index (Phi) is 4.75. The van der Waals surface area contributed by atoms with Gasteiger partial charge in [-0.05, 0) is 43.3 Å². The summed E-state index contributed by atoms with van der Waals surface area (Å²) in [5.74, 6) is -0.291. The van der Waals surface area contributed by atoms with Gasteiger partial charge in [0.15, 0.2) is 0 Å². The maximum Gasteiger partial charge on any atom is 0.414 e. The van der Waals surface area contributed by atoms with E-state index in [2.05, 4.69) is 10.3 Å². The molecule has 1 fully saturated rings. The van der Waals surface area contributed by atoms with Crippen molar-refractivity contribution in [1.29, 1.82) is 0 Å². The number of benzene rings is 1. The third-order valence-corrected chi connectivity index (χ3v) is 4.79. The fraction of sp³-hybridized carbons (Fsp3) is 0.238. The first-order valence-electron chi connectivity index (χ1n) is 9.23. The van der Waals surface area contributed by atoms with Crippen LogP contribution in [0.15, 0.2) is 48.8 Å². The van der Waals surface area contributed by atoms with Crippen LogP contribution in [0.25, 0.3) is 5.52 Å². The van der Waals surface area contributed by atoms with E-state index in [1.165, 1.54) is 11.8 Å². The average Bonchev–Trinajstić information content (AvgIpc) is 3.29. The van der Waals surface area contributed by atoms with E-state index < -0.39 is 12.2 Å². The summed E-state index contributed by atoms with van der Waals surface area (Å²) in [4.78, 5) is 41.8. The highest BCUT2D eigenvalue weighted by atomic mass is 16.6. The van der Waals surface area contributed by atoms with Gasteiger partial charge in [-0.1, -0.05) is 0 Å². The molecule has 2 amide bonds. The van der Waals surface area contributed by atoms with Gasteiger partial charge in [0.05, 0.1) is 36.2 Å². The van der Waals surface area contributed by atoms with E-state index in [4.69, 9.17) is 4.74 Å². The van der Waals surface area contributed by atoms with E-state index in [1.54, 1.807) is 36.5 Å². The number of hydrogen-bond acceptors (Lipinski definition) is 5. The third kappa shape index (κ3) is 3.69. The molecular formula is C21H20N4O4. The molecule has 1 aliphatic heterocycles. The normalized spacial score (nSPS) is 16.1. The number of amides is 2. The molecule has 148 valence electrons. The number of aryl methyl sites for hydroxylation is 1. The molecule has 0 radical (unpaired) electrons. The van der Waals surface area contributed by atoms with Gasteiger partial charge in [-0.3, -0.25) is 19.5 Å². The molecule has 1 saturated heterocycles. The molecule has 1 atom stereocenters. The number of carbonyl (C=O) groups excluding carboxylic acids is 3. The minimum Gasteiger partial charge on any atom is -0.442 e. The Balaban J connectivity index is 1.52. The standard InChI is InChI=1S/C21H20N4O4/c1-13-11-24-17(9-22-13)7-8-19(24)20(27)15-3-5-16(6-4-15)25-12-18(29-21(25)28)10-23-14(2)26/h3-9,11,18H,10,12H2,1-2H3,(H,23,26)/t18-/m0/s1. The van der Waals surface area contributed by atoms with E-state index in [0.29, 0.717) is 23.5 Å². The van der Waals surface area contributed by atoms with Crippen LogP contribution >= 0.6 is 0 Å². The summed E-state index contributed by atoms with van der Waals surface area (Å²) in [6, 6.07) is 10.5. The number of cyclic esters (lactones) is 1. The topological polar surface area (TPSA) is 93.0 Å². The first-order valence-corrected chi connectivity index (χ1v) is 9.23. The molecule has 0 saturated carbocycles. The Morgan fingerprint density at radius 2 is 1.97 bits per heavy atom. The SMILES string of the molecule is CC(=O)NC[C@H]1CN(c2ccc(C(=O)c3ccc4cnc(C)cn34)cc2)C(=O)O1. The summed E-state index contributed by atoms with van der Waals surface area (Å²) in [6.45, 7) is 3.89. The van der Waals surface area contributed by atoms with Crippen molar-refractivity contribution in [2.24, 2.45) is 0 Å². The summed E-state index contributed by atoms with van der Waals surface area (Å²) in [7, 11) is 0. The van der Waals surface area contributed by atoms with Gasteiger partial charge in [0, 0.05) is 24.4 Å². The van der Waals surface area contributed by atoms with E-state index in [-0.39, 0.29) is 18.2 Å². The number of nitrogens with one attached hydrogen (secondary N) is 1. The van der Waals surface area contributed by atoms with Crippen LogP contribution in [0.3, 0.4) is 0 Å². The van der Waals surface area contributed by atoms with Gasteiger partial charge in [-0.15, -0.1) is 0 Å². The van der Waals surface area contributed by atoms with Crippen LogP contribution in [-0.4, -0.2) is 46.4 Å². The number of ether oxygens (including phenoxy) is 1. The second-order valence-corrected chi connectivity index (χ2v) is 6.97. The van der Waals surface area contributed by atoms with E-state index >= 15 is 0 Å². The number of fused-ring (bicyclic) bond motifs is 1. The smallest absolute Gasteiger partial charge is 0.414 e. The van der Waals surface area contributed by atoms with Crippen LogP contribution < -0.4 is 10.2 Å². The van der Waals surface area contributed by atoms with Crippen LogP contribution in [0.2, 0.25) is 0 Å². The highest BCUT2D eigenvalue weighted by Crippen LogP contribution is 2.23. The number of ketones is 1. The number of nitrogens with zero attached hydrogens (tertiary/aromatic N) is 3. The number of carbonyl (C=O) groups is 3. The average molecular weight is 392 g/mol. The molecule has 0 unspecified atom stereocenters. The zero-order valence-corrected chi connectivity index (χ0v) is 16.1. The van der Waals surface area contributed by atoms with Gasteiger partial charge in [0.25, 0.3) is 0 Å². The molecule has 0 spiro atoms. The summed E-state index contributed by atoms with van der Waals surface area (Å²) >= 11 is 0. The molecule has 8 heteroatoms. The van der Waals surface area contributed by atoms with Gasteiger partial charge in [-0.2, -0.15) is 0 Å². The quantitative estimate of drug-likeness (QED) is 0.673. The van der Waals surface area contributed by atoms with Crippen molar-refractivity contribution in [2.45, 2.75) is 20.0 Å². The first kappa shape index (κ1) is 18.7. The summed E-state index contributed by atoms with van der Waals surface area (Å²) < 4.78 is 7.09. The lowest BCUT2D eigenvalue weighted by molar-refractivity contribution is -0.119. The van der Waals surface area contributed by atoms with Crippen LogP contribution in [0.1, 0.15) is 28.7 Å². The van der Waals surface area contributed by atoms with E-state index in [0.717, 1.165) is 11.2 Å². The zero-order valence-electron chi connectivity index (χ0n) is 16.1. The largest absolute Gasteiger partial charge is 0.442 e. The van der Waals surface area contributed by atoms with Crippen LogP contribution in [0, 0.1) is 6.92 Å². The van der Waals surface area contributed by atoms with Crippen molar-refractivity contribution in [3.63, 3.8) is 0 Å². The fourth-order valence-corrected chi connectivity index (χ4v) is 3.32. The van der Waals surface area contributed by atoms with Crippen molar-refractivity contribution in [3.05, 3.63) is 65.7 Å². The molecule has 1 aromatic carbocycles. The van der Waals surface area contributed by atoms with Gasteiger partial charge < -0.3 is 14.5 Å². The Bertz CT molecular complexity index is 1100. The van der Waals surface area contributed by atoms with E-state index in [9.17, 15) is 14.4 Å². The molecule has 1 aliphatic rings. The zero-order chi connectivity index (χ0) is 20.5. The molecule has 8 nitrogen and oxygen atoms in total. The Morgan fingerprint density at radius 1 is 1.21 bits per heavy atom. The minimum atomic E-state index is -0.472. The highest BCUT2D eigenvalue weighted by molar-refractivity contribution is 6.09. The van der Waals surface area contributed by atoms with Crippen molar-refractivity contribution in [1.82, 2.24) is 14.7 Å². The summed E-state index contributed by atoms with van der Waals surface area (Å²) in [6.07, 6.45) is 2.68. The highest BCUT2D eigenvalue weighted by Gasteiger charge is 2.32. The maximum absolute atomic E-state index is 12.9. The van der Waals surface area contributed by atoms with Crippen LogP contribution in [0.4, 0.5) is 10.5 Å². The minimum absolute atomic E-state index is 0.116. The Labute approximate surface area is 167 Å². The number of rotatable bonds is 5. The molecule has 2 aromatic heterocycles. The van der Waals surface area contributed by atoms with Gasteiger partial charge in [0.2, 0.25) is 11.7 Å². The molecule has 3 aromatic rings. The molecule has 3 heterocycles. The fourth-order valence-electron chi connectivity index (χ4n) is 3.32. The lowest BCUT2D eigenvalue weighted by atomic mass is 10.1. The first-order chi connectivity index (χ1) is 13.9. The third-order valence-electron chi connectivity index (χ3n) is 4.79. The van der Waals surface area contributed by atoms with Crippen LogP contribution in [-0.2, 0) is 9.53 Å². The van der Waals surface area contributed by atoms with Gasteiger partial charge in [-0.25, -0.2) is 4.79 Å². The maximum atomic E-state index is 12.9. The molecule has 0 aliphatic carbocycles. The summed E-state index contributed by atoms with van der Waals surface area (Å²) in [5.41, 5.74) is 3.37. The summed E-state index contributed by atoms with van der Waals surface area (Å²) in [5, 5.41) is 2.64. The van der Waals surface area contributed by atoms with Crippen LogP contribution in [0.5, 0.6) is 0 Å². The molecule has 29 heavy (non-hydrogen) atoms. The Morgan fingerprint density at radius 3 is 2.69 bits per heavy atom. The van der Waals surface area contributed by atoms with Crippen molar-refractivity contribution in [3.8, 4) is 0 Å². The predicted octanol–water partition coefficient (Wildman–Crippen LogP) is 2.34. The number of anilines is 1. The van der Waals surface area contributed by atoms with Gasteiger partial charge in [0.1, 0.15) is 6.10 Å². The Hall–Kier alpha value is -3.68. The lowest BCUT2D eigenvalue weighted by Gasteiger charge is -2.13. The number of hydrogen-bond donors (Lipinski definition) is 1. The molecular weight excluding hydrogens is 372 g/mol. The van der Waals surface area contributed by atoms with E-state index in [1.807, 2.05) is 23.6 Å². The lowest BCUT2D eigenvalue weighted by Crippen LogP contribution is -2.33. The van der Waals surface area contributed by atoms with Gasteiger partial charge >= 0.3 is 6.09 Å². The van der Waals surface area contributed by atoms with Crippen molar-refractivity contribution in [2.75, 3.05) is 18.0 Å². The molecule has 0 bridgehead atoms. The molecule has 1 N–H and O–H groups in total. The number of aromatic nitrogens is 2. The monoisotopic (exact) mass is 392 g/mol. The predicted molar refractivity (Wildman–Crippen MR) is 106 cm³/mol. The molecule has 4 rings (SSSR count). The van der Waals surface area contributed by atoms with Crippen molar-refractivity contribution >= 4 is 29.0 Å². The second kappa shape index (κ2) is 7.38. The van der Waals surface area contributed by atoms with Crippen molar-refractivity contribution < 1.29 is 19.1 Å².